The lowest BCUT2D eigenvalue weighted by molar-refractivity contribution is -0.146. The smallest absolute Gasteiger partial charge is 0.309 e. The minimum atomic E-state index is -1.02. The zero-order chi connectivity index (χ0) is 24.5. The fourth-order valence-electron chi connectivity index (χ4n) is 4.10. The van der Waals surface area contributed by atoms with Gasteiger partial charge in [0.25, 0.3) is 0 Å². The number of hydrogen-bond acceptors (Lipinski definition) is 2. The number of carbonyl (C=O) groups excluding carboxylic acids is 1. The molecule has 0 aliphatic heterocycles. The van der Waals surface area contributed by atoms with Crippen molar-refractivity contribution >= 4 is 34.3 Å². The Bertz CT molecular complexity index is 1170. The van der Waals surface area contributed by atoms with Gasteiger partial charge in [-0.3, -0.25) is 9.59 Å². The van der Waals surface area contributed by atoms with Gasteiger partial charge in [0.1, 0.15) is 0 Å². The lowest BCUT2D eigenvalue weighted by Gasteiger charge is -2.23. The van der Waals surface area contributed by atoms with Gasteiger partial charge in [0.15, 0.2) is 5.78 Å². The Labute approximate surface area is 201 Å². The van der Waals surface area contributed by atoms with E-state index in [1.165, 1.54) is 5.56 Å². The maximum Gasteiger partial charge on any atom is 0.309 e. The van der Waals surface area contributed by atoms with Crippen LogP contribution < -0.4 is 0 Å². The monoisotopic (exact) mass is 467 g/mol. The Morgan fingerprint density at radius 1 is 1.06 bits per heavy atom. The number of halogens is 1. The molecule has 0 spiro atoms. The fourth-order valence-corrected chi connectivity index (χ4v) is 4.23. The SMILES string of the molecule is CCC(C)Cn1c(CC(C)(C)C(=O)O)c(C(=O)c2ccc(Cl)cc2)c2ccc(C(C)C)cc21. The zero-order valence-corrected chi connectivity index (χ0v) is 21.2. The van der Waals surface area contributed by atoms with Crippen molar-refractivity contribution in [2.75, 3.05) is 0 Å². The summed E-state index contributed by atoms with van der Waals surface area (Å²) in [6, 6.07) is 13.2. The molecular formula is C28H34ClNO3. The summed E-state index contributed by atoms with van der Waals surface area (Å²) in [6.07, 6.45) is 1.25. The maximum atomic E-state index is 13.8. The second-order valence-electron chi connectivity index (χ2n) is 10.1. The highest BCUT2D eigenvalue weighted by Crippen LogP contribution is 2.36. The summed E-state index contributed by atoms with van der Waals surface area (Å²) in [5.41, 5.74) is 3.11. The average molecular weight is 468 g/mol. The largest absolute Gasteiger partial charge is 0.481 e. The predicted molar refractivity (Wildman–Crippen MR) is 135 cm³/mol. The number of carboxylic acids is 1. The summed E-state index contributed by atoms with van der Waals surface area (Å²) in [5.74, 6) is -0.257. The third kappa shape index (κ3) is 5.16. The Kier molecular flexibility index (Phi) is 7.38. The van der Waals surface area contributed by atoms with E-state index < -0.39 is 11.4 Å². The van der Waals surface area contributed by atoms with E-state index in [0.29, 0.717) is 28.0 Å². The number of aliphatic carboxylic acids is 1. The molecule has 1 atom stereocenters. The standard InChI is InChI=1S/C28H34ClNO3/c1-7-18(4)16-30-23-14-20(17(2)3)10-13-22(23)25(24(30)15-28(5,6)27(32)33)26(31)19-8-11-21(29)12-9-19/h8-14,17-18H,7,15-16H2,1-6H3,(H,32,33). The molecular weight excluding hydrogens is 434 g/mol. The van der Waals surface area contributed by atoms with Gasteiger partial charge >= 0.3 is 5.97 Å². The molecule has 0 saturated carbocycles. The molecule has 176 valence electrons. The zero-order valence-electron chi connectivity index (χ0n) is 20.4. The van der Waals surface area contributed by atoms with E-state index in [-0.39, 0.29) is 12.2 Å². The van der Waals surface area contributed by atoms with Crippen LogP contribution in [0.15, 0.2) is 42.5 Å². The quantitative estimate of drug-likeness (QED) is 0.334. The van der Waals surface area contributed by atoms with Gasteiger partial charge in [-0.25, -0.2) is 0 Å². The lowest BCUT2D eigenvalue weighted by atomic mass is 9.85. The molecule has 5 heteroatoms. The summed E-state index contributed by atoms with van der Waals surface area (Å²) in [7, 11) is 0. The molecule has 4 nitrogen and oxygen atoms in total. The van der Waals surface area contributed by atoms with Crippen LogP contribution in [0.3, 0.4) is 0 Å². The van der Waals surface area contributed by atoms with Crippen molar-refractivity contribution in [2.45, 2.75) is 66.8 Å². The Morgan fingerprint density at radius 3 is 2.24 bits per heavy atom. The summed E-state index contributed by atoms with van der Waals surface area (Å²) < 4.78 is 2.20. The van der Waals surface area contributed by atoms with Gasteiger partial charge in [0.2, 0.25) is 0 Å². The van der Waals surface area contributed by atoms with Crippen LogP contribution in [0.4, 0.5) is 0 Å². The van der Waals surface area contributed by atoms with Crippen molar-refractivity contribution in [1.29, 1.82) is 0 Å². The van der Waals surface area contributed by atoms with Crippen molar-refractivity contribution < 1.29 is 14.7 Å². The Balaban J connectivity index is 2.35. The number of carbonyl (C=O) groups is 2. The number of carboxylic acid groups (broad SMARTS) is 1. The van der Waals surface area contributed by atoms with Crippen molar-refractivity contribution in [3.05, 3.63) is 69.9 Å². The highest BCUT2D eigenvalue weighted by atomic mass is 35.5. The number of ketones is 1. The van der Waals surface area contributed by atoms with Crippen LogP contribution in [0.2, 0.25) is 5.02 Å². The van der Waals surface area contributed by atoms with Gasteiger partial charge < -0.3 is 9.67 Å². The molecule has 1 aromatic heterocycles. The van der Waals surface area contributed by atoms with Gasteiger partial charge in [-0.05, 0) is 61.6 Å². The molecule has 3 aromatic rings. The van der Waals surface area contributed by atoms with Crippen molar-refractivity contribution in [3.63, 3.8) is 0 Å². The molecule has 2 aromatic carbocycles. The highest BCUT2D eigenvalue weighted by Gasteiger charge is 2.33. The summed E-state index contributed by atoms with van der Waals surface area (Å²) in [5, 5.41) is 11.3. The Hall–Kier alpha value is -2.59. The maximum absolute atomic E-state index is 13.8. The first kappa shape index (κ1) is 25.0. The van der Waals surface area contributed by atoms with E-state index in [4.69, 9.17) is 11.6 Å². The topological polar surface area (TPSA) is 59.3 Å². The first-order valence-electron chi connectivity index (χ1n) is 11.6. The molecule has 0 aliphatic rings. The first-order chi connectivity index (χ1) is 15.5. The van der Waals surface area contributed by atoms with Gasteiger partial charge in [0, 0.05) is 40.1 Å². The second-order valence-corrected chi connectivity index (χ2v) is 10.5. The summed E-state index contributed by atoms with van der Waals surface area (Å²) >= 11 is 6.05. The molecule has 1 unspecified atom stereocenters. The van der Waals surface area contributed by atoms with Gasteiger partial charge in [0.05, 0.1) is 11.0 Å². The summed E-state index contributed by atoms with van der Waals surface area (Å²) in [4.78, 5) is 25.9. The number of nitrogens with zero attached hydrogens (tertiary/aromatic N) is 1. The normalized spacial score (nSPS) is 13.0. The van der Waals surface area contributed by atoms with E-state index in [9.17, 15) is 14.7 Å². The lowest BCUT2D eigenvalue weighted by Crippen LogP contribution is -2.28. The second kappa shape index (κ2) is 9.72. The van der Waals surface area contributed by atoms with Crippen LogP contribution in [0.5, 0.6) is 0 Å². The number of hydrogen-bond donors (Lipinski definition) is 1. The Morgan fingerprint density at radius 2 is 1.70 bits per heavy atom. The van der Waals surface area contributed by atoms with Crippen molar-refractivity contribution in [2.24, 2.45) is 11.3 Å². The van der Waals surface area contributed by atoms with Crippen LogP contribution in [0, 0.1) is 11.3 Å². The molecule has 0 saturated heterocycles. The minimum absolute atomic E-state index is 0.104. The first-order valence-corrected chi connectivity index (χ1v) is 12.0. The van der Waals surface area contributed by atoms with E-state index in [1.807, 2.05) is 6.07 Å². The number of aromatic nitrogens is 1. The van der Waals surface area contributed by atoms with E-state index in [0.717, 1.165) is 29.6 Å². The van der Waals surface area contributed by atoms with Crippen LogP contribution in [0.25, 0.3) is 10.9 Å². The molecule has 0 aliphatic carbocycles. The third-order valence-corrected chi connectivity index (χ3v) is 6.83. The number of fused-ring (bicyclic) bond motifs is 1. The van der Waals surface area contributed by atoms with Crippen LogP contribution in [0.1, 0.15) is 81.1 Å². The van der Waals surface area contributed by atoms with Gasteiger partial charge in [-0.15, -0.1) is 0 Å². The molecule has 0 amide bonds. The molecule has 1 N–H and O–H groups in total. The molecule has 0 bridgehead atoms. The van der Waals surface area contributed by atoms with E-state index in [1.54, 1.807) is 38.1 Å². The van der Waals surface area contributed by atoms with Crippen LogP contribution in [-0.4, -0.2) is 21.4 Å². The predicted octanol–water partition coefficient (Wildman–Crippen LogP) is 7.35. The van der Waals surface area contributed by atoms with Crippen LogP contribution >= 0.6 is 11.6 Å². The average Bonchev–Trinajstić information content (AvgIpc) is 3.05. The molecule has 0 radical (unpaired) electrons. The van der Waals surface area contributed by atoms with Crippen molar-refractivity contribution in [1.82, 2.24) is 4.57 Å². The van der Waals surface area contributed by atoms with E-state index in [2.05, 4.69) is 44.4 Å². The number of rotatable bonds is 9. The minimum Gasteiger partial charge on any atom is -0.481 e. The molecule has 1 heterocycles. The molecule has 3 rings (SSSR count). The van der Waals surface area contributed by atoms with E-state index >= 15 is 0 Å². The summed E-state index contributed by atoms with van der Waals surface area (Å²) in [6.45, 7) is 12.8. The van der Waals surface area contributed by atoms with Gasteiger partial charge in [-0.2, -0.15) is 0 Å². The van der Waals surface area contributed by atoms with Gasteiger partial charge in [-0.1, -0.05) is 57.8 Å². The molecule has 33 heavy (non-hydrogen) atoms. The molecule has 0 fully saturated rings. The van der Waals surface area contributed by atoms with Crippen LogP contribution in [-0.2, 0) is 17.8 Å². The highest BCUT2D eigenvalue weighted by molar-refractivity contribution is 6.30. The number of benzene rings is 2. The fraction of sp³-hybridized carbons (Fsp3) is 0.429. The van der Waals surface area contributed by atoms with Crippen molar-refractivity contribution in [3.8, 4) is 0 Å². The third-order valence-electron chi connectivity index (χ3n) is 6.58.